The Kier molecular flexibility index (Phi) is 3.52. The van der Waals surface area contributed by atoms with Crippen molar-refractivity contribution in [1.29, 1.82) is 0 Å². The average Bonchev–Trinajstić information content (AvgIpc) is 3.30. The van der Waals surface area contributed by atoms with Gasteiger partial charge in [-0.1, -0.05) is 69.3 Å². The Balaban J connectivity index is 1.73. The molecule has 2 heteroatoms. The zero-order valence-electron chi connectivity index (χ0n) is 21.3. The molecule has 3 heterocycles. The van der Waals surface area contributed by atoms with Gasteiger partial charge in [0.15, 0.2) is 6.20 Å². The molecule has 2 nitrogen and oxygen atoms in total. The van der Waals surface area contributed by atoms with Gasteiger partial charge in [-0.3, -0.25) is 0 Å². The van der Waals surface area contributed by atoms with Crippen molar-refractivity contribution in [3.05, 3.63) is 84.1 Å². The third kappa shape index (κ3) is 2.69. The van der Waals surface area contributed by atoms with Gasteiger partial charge in [0.25, 0.3) is 0 Å². The van der Waals surface area contributed by atoms with Crippen molar-refractivity contribution in [2.75, 3.05) is 0 Å². The monoisotopic (exact) mass is 419 g/mol. The molecule has 6 rings (SSSR count). The first-order chi connectivity index (χ1) is 16.1. The largest absolute Gasteiger partial charge is 0.307 e. The van der Waals surface area contributed by atoms with Crippen molar-refractivity contribution in [3.8, 4) is 11.3 Å². The van der Waals surface area contributed by atoms with E-state index in [1.165, 1.54) is 49.2 Å². The Bertz CT molecular complexity index is 1730. The van der Waals surface area contributed by atoms with E-state index in [9.17, 15) is 0 Å². The summed E-state index contributed by atoms with van der Waals surface area (Å²) < 4.78 is 22.0. The van der Waals surface area contributed by atoms with E-state index >= 15 is 0 Å². The second-order valence-corrected chi connectivity index (χ2v) is 10.00. The molecular formula is C30H29N2+. The molecule has 0 spiro atoms. The molecule has 6 aromatic rings. The molecule has 0 aliphatic rings. The Morgan fingerprint density at radius 1 is 0.812 bits per heavy atom. The number of nitrogens with zero attached hydrogens (tertiary/aromatic N) is 2. The summed E-state index contributed by atoms with van der Waals surface area (Å²) in [5.74, 6) is 0. The number of benzene rings is 3. The fourth-order valence-corrected chi connectivity index (χ4v) is 5.31. The summed E-state index contributed by atoms with van der Waals surface area (Å²) in [6, 6.07) is 23.8. The summed E-state index contributed by atoms with van der Waals surface area (Å²) in [6.45, 7) is 8.03. The highest BCUT2D eigenvalue weighted by Gasteiger charge is 2.24. The average molecular weight is 420 g/mol. The van der Waals surface area contributed by atoms with Gasteiger partial charge in [0, 0.05) is 35.9 Å². The molecule has 0 bridgehead atoms. The van der Waals surface area contributed by atoms with Crippen LogP contribution in [0.5, 0.6) is 0 Å². The molecule has 158 valence electrons. The van der Waals surface area contributed by atoms with Crippen LogP contribution < -0.4 is 4.57 Å². The van der Waals surface area contributed by atoms with Crippen molar-refractivity contribution in [3.63, 3.8) is 0 Å². The van der Waals surface area contributed by atoms with Crippen LogP contribution in [0, 0.1) is 12.3 Å². The van der Waals surface area contributed by atoms with Crippen LogP contribution in [0.3, 0.4) is 0 Å². The lowest BCUT2D eigenvalue weighted by Crippen LogP contribution is -2.32. The second kappa shape index (κ2) is 6.56. The predicted molar refractivity (Wildman–Crippen MR) is 136 cm³/mol. The highest BCUT2D eigenvalue weighted by Crippen LogP contribution is 2.42. The maximum Gasteiger partial charge on any atom is 0.214 e. The summed E-state index contributed by atoms with van der Waals surface area (Å²) in [7, 11) is 2.03. The van der Waals surface area contributed by atoms with Gasteiger partial charge in [-0.2, -0.15) is 0 Å². The lowest BCUT2D eigenvalue weighted by Gasteiger charge is -2.17. The molecule has 0 aliphatic carbocycles. The van der Waals surface area contributed by atoms with E-state index in [0.29, 0.717) is 5.56 Å². The van der Waals surface area contributed by atoms with Crippen LogP contribution in [0.25, 0.3) is 49.4 Å². The molecule has 3 aromatic carbocycles. The topological polar surface area (TPSA) is 8.29 Å². The molecule has 0 amide bonds. The van der Waals surface area contributed by atoms with Gasteiger partial charge in [0.05, 0.1) is 22.1 Å². The molecule has 0 N–H and O–H groups in total. The molecule has 0 radical (unpaired) electrons. The smallest absolute Gasteiger partial charge is 0.214 e. The molecule has 0 aliphatic heterocycles. The number of aryl methyl sites for hydroxylation is 2. The minimum absolute atomic E-state index is 0.497. The minimum Gasteiger partial charge on any atom is -0.307 e. The van der Waals surface area contributed by atoms with Crippen LogP contribution >= 0.6 is 0 Å². The van der Waals surface area contributed by atoms with E-state index in [4.69, 9.17) is 2.74 Å². The number of hydrogen-bond donors (Lipinski definition) is 0. The van der Waals surface area contributed by atoms with Crippen LogP contribution in [-0.2, 0) is 13.4 Å². The zero-order valence-corrected chi connectivity index (χ0v) is 19.3. The number of rotatable bonds is 2. The Labute approximate surface area is 191 Å². The Hall–Kier alpha value is -3.39. The van der Waals surface area contributed by atoms with Gasteiger partial charge >= 0.3 is 0 Å². The molecule has 32 heavy (non-hydrogen) atoms. The first kappa shape index (κ1) is 17.2. The van der Waals surface area contributed by atoms with Gasteiger partial charge in [0.1, 0.15) is 7.05 Å². The van der Waals surface area contributed by atoms with Gasteiger partial charge in [-0.05, 0) is 36.4 Å². The van der Waals surface area contributed by atoms with Crippen LogP contribution in [0.15, 0.2) is 72.9 Å². The van der Waals surface area contributed by atoms with Crippen molar-refractivity contribution in [2.45, 2.75) is 34.1 Å². The normalized spacial score (nSPS) is 14.0. The van der Waals surface area contributed by atoms with E-state index in [0.717, 1.165) is 5.69 Å². The van der Waals surface area contributed by atoms with Crippen molar-refractivity contribution in [1.82, 2.24) is 4.40 Å². The highest BCUT2D eigenvalue weighted by atomic mass is 14.9. The fraction of sp³-hybridized carbons (Fsp3) is 0.233. The first-order valence-electron chi connectivity index (χ1n) is 12.3. The lowest BCUT2D eigenvalue weighted by atomic mass is 9.88. The quantitative estimate of drug-likeness (QED) is 0.262. The van der Waals surface area contributed by atoms with E-state index in [2.05, 4.69) is 76.6 Å². The molecule has 0 unspecified atom stereocenters. The molecular weight excluding hydrogens is 388 g/mol. The van der Waals surface area contributed by atoms with Gasteiger partial charge in [0.2, 0.25) is 5.69 Å². The van der Waals surface area contributed by atoms with Crippen molar-refractivity contribution < 1.29 is 7.31 Å². The van der Waals surface area contributed by atoms with E-state index < -0.39 is 11.8 Å². The summed E-state index contributed by atoms with van der Waals surface area (Å²) >= 11 is 0. The maximum atomic E-state index is 8.74. The van der Waals surface area contributed by atoms with E-state index in [1.54, 1.807) is 0 Å². The SMILES string of the molecule is [2H]C([2H])(c1ccc(-c2c(C)ccc3c4cccc5c6ccccc6n(c23)c54)[n+](C)c1)C(C)(C)C. The molecule has 3 aromatic heterocycles. The second-order valence-electron chi connectivity index (χ2n) is 10.00. The van der Waals surface area contributed by atoms with Crippen LogP contribution in [0.4, 0.5) is 0 Å². The summed E-state index contributed by atoms with van der Waals surface area (Å²) in [6.07, 6.45) is 0.529. The Morgan fingerprint density at radius 3 is 2.25 bits per heavy atom. The van der Waals surface area contributed by atoms with Crippen LogP contribution in [-0.4, -0.2) is 4.40 Å². The Morgan fingerprint density at radius 2 is 1.50 bits per heavy atom. The number of hydrogen-bond acceptors (Lipinski definition) is 0. The first-order valence-corrected chi connectivity index (χ1v) is 11.3. The van der Waals surface area contributed by atoms with E-state index in [1.807, 2.05) is 40.1 Å². The van der Waals surface area contributed by atoms with E-state index in [-0.39, 0.29) is 0 Å². The van der Waals surface area contributed by atoms with Crippen molar-refractivity contribution in [2.24, 2.45) is 12.5 Å². The highest BCUT2D eigenvalue weighted by molar-refractivity contribution is 6.25. The molecule has 0 fully saturated rings. The number of para-hydroxylation sites is 2. The van der Waals surface area contributed by atoms with Gasteiger partial charge in [-0.15, -0.1) is 0 Å². The maximum absolute atomic E-state index is 8.74. The molecule has 0 saturated carbocycles. The van der Waals surface area contributed by atoms with Crippen LogP contribution in [0.1, 0.15) is 34.6 Å². The standard InChI is InChI=1S/C30H29N2/c1-19-13-15-24-23-11-8-10-22-21-9-6-7-12-25(21)32(28(22)23)29(24)27(19)26-16-14-20(18-31(26)5)17-30(2,3)4/h6-16,18H,17H2,1-5H3/q+1/i17D2. The predicted octanol–water partition coefficient (Wildman–Crippen LogP) is 7.23. The molecule has 0 saturated heterocycles. The number of aromatic nitrogens is 2. The third-order valence-electron chi connectivity index (χ3n) is 6.50. The minimum atomic E-state index is -1.43. The number of pyridine rings is 1. The van der Waals surface area contributed by atoms with Gasteiger partial charge in [-0.25, -0.2) is 4.57 Å². The summed E-state index contributed by atoms with van der Waals surface area (Å²) in [5.41, 5.74) is 7.40. The lowest BCUT2D eigenvalue weighted by molar-refractivity contribution is -0.660. The van der Waals surface area contributed by atoms with Gasteiger partial charge < -0.3 is 4.40 Å². The molecule has 0 atom stereocenters. The zero-order chi connectivity index (χ0) is 24.0. The summed E-state index contributed by atoms with van der Waals surface area (Å²) in [5, 5.41) is 5.08. The van der Waals surface area contributed by atoms with Crippen molar-refractivity contribution >= 4 is 38.1 Å². The van der Waals surface area contributed by atoms with Crippen LogP contribution in [0.2, 0.25) is 0 Å². The third-order valence-corrected chi connectivity index (χ3v) is 6.50. The number of fused-ring (bicyclic) bond motifs is 6. The summed E-state index contributed by atoms with van der Waals surface area (Å²) in [4.78, 5) is 0. The fourth-order valence-electron chi connectivity index (χ4n) is 5.31.